The summed E-state index contributed by atoms with van der Waals surface area (Å²) < 4.78 is 15.5. The van der Waals surface area contributed by atoms with Crippen molar-refractivity contribution in [1.82, 2.24) is 0 Å². The van der Waals surface area contributed by atoms with Gasteiger partial charge < -0.3 is 14.2 Å². The van der Waals surface area contributed by atoms with Gasteiger partial charge in [0.15, 0.2) is 11.9 Å². The molecule has 20 heavy (non-hydrogen) atoms. The minimum atomic E-state index is -1.02. The zero-order valence-electron chi connectivity index (χ0n) is 11.5. The van der Waals surface area contributed by atoms with Gasteiger partial charge in [-0.1, -0.05) is 6.08 Å². The molecule has 1 aliphatic rings. The van der Waals surface area contributed by atoms with Crippen LogP contribution in [0, 0.1) is 0 Å². The van der Waals surface area contributed by atoms with Gasteiger partial charge in [-0.05, 0) is 0 Å². The Hall–Kier alpha value is -1.34. The largest absolute Gasteiger partial charge is 0.463 e. The SMILES string of the molecule is C=CCS[C@@H]1CC(=O)[C@H](OC(C)=O)[C@@H](COC(C)=O)O1. The highest BCUT2D eigenvalue weighted by molar-refractivity contribution is 7.99. The summed E-state index contributed by atoms with van der Waals surface area (Å²) in [5.74, 6) is -0.651. The maximum absolute atomic E-state index is 12.0. The second kappa shape index (κ2) is 8.06. The molecule has 0 saturated carbocycles. The second-order valence-electron chi connectivity index (χ2n) is 4.23. The van der Waals surface area contributed by atoms with Crippen LogP contribution in [-0.4, -0.2) is 47.7 Å². The molecular formula is C13H18O6S. The van der Waals surface area contributed by atoms with E-state index >= 15 is 0 Å². The van der Waals surface area contributed by atoms with E-state index in [1.165, 1.54) is 25.6 Å². The summed E-state index contributed by atoms with van der Waals surface area (Å²) in [6.45, 7) is 5.95. The molecule has 0 amide bonds. The average molecular weight is 302 g/mol. The number of ketones is 1. The van der Waals surface area contributed by atoms with Gasteiger partial charge in [0.05, 0.1) is 0 Å². The second-order valence-corrected chi connectivity index (χ2v) is 5.42. The first-order chi connectivity index (χ1) is 9.43. The Labute approximate surface area is 121 Å². The molecule has 0 unspecified atom stereocenters. The number of hydrogen-bond donors (Lipinski definition) is 0. The fourth-order valence-electron chi connectivity index (χ4n) is 1.72. The Kier molecular flexibility index (Phi) is 6.74. The number of carbonyl (C=O) groups is 3. The zero-order valence-corrected chi connectivity index (χ0v) is 12.3. The van der Waals surface area contributed by atoms with Gasteiger partial charge in [-0.3, -0.25) is 14.4 Å². The molecule has 1 aliphatic heterocycles. The molecule has 6 nitrogen and oxygen atoms in total. The van der Waals surface area contributed by atoms with Crippen molar-refractivity contribution in [3.05, 3.63) is 12.7 Å². The number of carbonyl (C=O) groups excluding carboxylic acids is 3. The Bertz CT molecular complexity index is 394. The van der Waals surface area contributed by atoms with Crippen molar-refractivity contribution in [3.63, 3.8) is 0 Å². The number of ether oxygens (including phenoxy) is 3. The molecule has 0 bridgehead atoms. The number of thioether (sulfide) groups is 1. The standard InChI is InChI=1S/C13H18O6S/c1-4-5-20-12-6-10(16)13(18-9(3)15)11(19-12)7-17-8(2)14/h4,11-13H,1,5-7H2,2-3H3/t11-,12-,13+/m1/s1. The van der Waals surface area contributed by atoms with Gasteiger partial charge in [0.25, 0.3) is 0 Å². The highest BCUT2D eigenvalue weighted by Crippen LogP contribution is 2.27. The Morgan fingerprint density at radius 1 is 1.45 bits per heavy atom. The molecule has 0 aromatic heterocycles. The lowest BCUT2D eigenvalue weighted by molar-refractivity contribution is -0.179. The summed E-state index contributed by atoms with van der Waals surface area (Å²) in [5.41, 5.74) is -0.354. The molecular weight excluding hydrogens is 284 g/mol. The van der Waals surface area contributed by atoms with Crippen molar-refractivity contribution in [3.8, 4) is 0 Å². The van der Waals surface area contributed by atoms with Crippen LogP contribution in [0.4, 0.5) is 0 Å². The molecule has 0 aromatic carbocycles. The predicted octanol–water partition coefficient (Wildman–Crippen LogP) is 1.08. The molecule has 0 radical (unpaired) electrons. The Morgan fingerprint density at radius 3 is 2.70 bits per heavy atom. The van der Waals surface area contributed by atoms with Crippen LogP contribution in [-0.2, 0) is 28.6 Å². The van der Waals surface area contributed by atoms with E-state index in [9.17, 15) is 14.4 Å². The van der Waals surface area contributed by atoms with Crippen molar-refractivity contribution in [2.75, 3.05) is 12.4 Å². The monoisotopic (exact) mass is 302 g/mol. The highest BCUT2D eigenvalue weighted by atomic mass is 32.2. The molecule has 1 saturated heterocycles. The average Bonchev–Trinajstić information content (AvgIpc) is 2.36. The van der Waals surface area contributed by atoms with Crippen LogP contribution >= 0.6 is 11.8 Å². The van der Waals surface area contributed by atoms with Crippen molar-refractivity contribution in [1.29, 1.82) is 0 Å². The lowest BCUT2D eigenvalue weighted by Gasteiger charge is -2.33. The first-order valence-electron chi connectivity index (χ1n) is 6.15. The first-order valence-corrected chi connectivity index (χ1v) is 7.20. The van der Waals surface area contributed by atoms with Gasteiger partial charge in [0.1, 0.15) is 18.1 Å². The van der Waals surface area contributed by atoms with Gasteiger partial charge in [-0.2, -0.15) is 0 Å². The Morgan fingerprint density at radius 2 is 2.15 bits per heavy atom. The van der Waals surface area contributed by atoms with E-state index in [0.717, 1.165) is 0 Å². The maximum atomic E-state index is 12.0. The molecule has 0 spiro atoms. The lowest BCUT2D eigenvalue weighted by atomic mass is 10.0. The quantitative estimate of drug-likeness (QED) is 0.536. The summed E-state index contributed by atoms with van der Waals surface area (Å²) >= 11 is 1.42. The molecule has 112 valence electrons. The summed E-state index contributed by atoms with van der Waals surface area (Å²) in [6, 6.07) is 0. The number of rotatable bonds is 6. The number of Topliss-reactive ketones (excluding diaryl/α,β-unsaturated/α-hetero) is 1. The summed E-state index contributed by atoms with van der Waals surface area (Å²) in [5, 5.41) is 0. The van der Waals surface area contributed by atoms with E-state index < -0.39 is 24.1 Å². The molecule has 1 fully saturated rings. The van der Waals surface area contributed by atoms with E-state index in [-0.39, 0.29) is 24.2 Å². The number of hydrogen-bond acceptors (Lipinski definition) is 7. The minimum absolute atomic E-state index is 0.121. The fourth-order valence-corrected chi connectivity index (χ4v) is 2.58. The van der Waals surface area contributed by atoms with Crippen molar-refractivity contribution < 1.29 is 28.6 Å². The normalized spacial score (nSPS) is 25.9. The molecule has 0 N–H and O–H groups in total. The summed E-state index contributed by atoms with van der Waals surface area (Å²) in [6.07, 6.45) is 0.0592. The number of esters is 2. The van der Waals surface area contributed by atoms with Gasteiger partial charge >= 0.3 is 11.9 Å². The van der Waals surface area contributed by atoms with Crippen LogP contribution in [0.1, 0.15) is 20.3 Å². The van der Waals surface area contributed by atoms with Crippen LogP contribution in [0.25, 0.3) is 0 Å². The van der Waals surface area contributed by atoms with E-state index in [0.29, 0.717) is 5.75 Å². The Balaban J connectivity index is 2.71. The van der Waals surface area contributed by atoms with Crippen molar-refractivity contribution >= 4 is 29.5 Å². The molecule has 0 aliphatic carbocycles. The van der Waals surface area contributed by atoms with Crippen LogP contribution < -0.4 is 0 Å². The van der Waals surface area contributed by atoms with Gasteiger partial charge in [-0.25, -0.2) is 0 Å². The van der Waals surface area contributed by atoms with E-state index in [4.69, 9.17) is 14.2 Å². The molecule has 1 heterocycles. The van der Waals surface area contributed by atoms with Crippen molar-refractivity contribution in [2.24, 2.45) is 0 Å². The van der Waals surface area contributed by atoms with Gasteiger partial charge in [0.2, 0.25) is 0 Å². The third kappa shape index (κ3) is 5.34. The van der Waals surface area contributed by atoms with Crippen LogP contribution in [0.15, 0.2) is 12.7 Å². The van der Waals surface area contributed by atoms with Crippen LogP contribution in [0.2, 0.25) is 0 Å². The van der Waals surface area contributed by atoms with Gasteiger partial charge in [0, 0.05) is 26.0 Å². The molecule has 7 heteroatoms. The predicted molar refractivity (Wildman–Crippen MR) is 73.1 cm³/mol. The maximum Gasteiger partial charge on any atom is 0.303 e. The molecule has 0 aromatic rings. The van der Waals surface area contributed by atoms with E-state index in [2.05, 4.69) is 6.58 Å². The van der Waals surface area contributed by atoms with E-state index in [1.54, 1.807) is 6.08 Å². The summed E-state index contributed by atoms with van der Waals surface area (Å²) in [7, 11) is 0. The fraction of sp³-hybridized carbons (Fsp3) is 0.615. The molecule has 1 rings (SSSR count). The highest BCUT2D eigenvalue weighted by Gasteiger charge is 2.40. The zero-order chi connectivity index (χ0) is 15.1. The topological polar surface area (TPSA) is 78.9 Å². The van der Waals surface area contributed by atoms with E-state index in [1.807, 2.05) is 0 Å². The van der Waals surface area contributed by atoms with Crippen LogP contribution in [0.3, 0.4) is 0 Å². The third-order valence-corrected chi connectivity index (χ3v) is 3.57. The van der Waals surface area contributed by atoms with Crippen molar-refractivity contribution in [2.45, 2.75) is 37.9 Å². The lowest BCUT2D eigenvalue weighted by Crippen LogP contribution is -2.49. The van der Waals surface area contributed by atoms with Gasteiger partial charge in [-0.15, -0.1) is 18.3 Å². The smallest absolute Gasteiger partial charge is 0.303 e. The minimum Gasteiger partial charge on any atom is -0.463 e. The molecule has 3 atom stereocenters. The van der Waals surface area contributed by atoms with Crippen LogP contribution in [0.5, 0.6) is 0 Å². The first kappa shape index (κ1) is 16.7. The third-order valence-electron chi connectivity index (χ3n) is 2.49. The summed E-state index contributed by atoms with van der Waals surface area (Å²) in [4.78, 5) is 33.9.